The van der Waals surface area contributed by atoms with Gasteiger partial charge in [0.2, 0.25) is 0 Å². The lowest BCUT2D eigenvalue weighted by molar-refractivity contribution is -0.143. The molecular weight excluding hydrogens is 474 g/mol. The minimum absolute atomic E-state index is 0.0788. The molecule has 0 unspecified atom stereocenters. The number of likely N-dealkylation sites (tertiary alicyclic amines) is 1. The summed E-state index contributed by atoms with van der Waals surface area (Å²) in [5.74, 6) is 0.686. The van der Waals surface area contributed by atoms with Crippen LogP contribution in [0.15, 0.2) is 35.0 Å². The van der Waals surface area contributed by atoms with E-state index in [1.807, 2.05) is 11.0 Å². The summed E-state index contributed by atoms with van der Waals surface area (Å²) in [5, 5.41) is 3.38. The summed E-state index contributed by atoms with van der Waals surface area (Å²) in [6, 6.07) is 1.78. The number of allylic oxidation sites excluding steroid dienone is 1. The molecule has 2 fully saturated rings. The number of halogens is 6. The number of urea groups is 1. The maximum absolute atomic E-state index is 13.5. The second kappa shape index (κ2) is 9.83. The fourth-order valence-electron chi connectivity index (χ4n) is 4.95. The zero-order valence-electron chi connectivity index (χ0n) is 19.3. The molecule has 1 aromatic carbocycles. The van der Waals surface area contributed by atoms with Gasteiger partial charge in [0.1, 0.15) is 0 Å². The molecule has 3 aliphatic rings. The summed E-state index contributed by atoms with van der Waals surface area (Å²) >= 11 is 0. The molecule has 0 bridgehead atoms. The van der Waals surface area contributed by atoms with Crippen molar-refractivity contribution in [2.75, 3.05) is 20.1 Å². The van der Waals surface area contributed by atoms with Crippen LogP contribution in [-0.4, -0.2) is 47.8 Å². The lowest BCUT2D eigenvalue weighted by Crippen LogP contribution is -2.36. The highest BCUT2D eigenvalue weighted by atomic mass is 19.4. The number of carbonyl (C=O) groups excluding carboxylic acids is 1. The van der Waals surface area contributed by atoms with E-state index in [2.05, 4.69) is 10.3 Å². The quantitative estimate of drug-likeness (QED) is 0.529. The zero-order chi connectivity index (χ0) is 25.4. The Balaban J connectivity index is 1.41. The molecule has 192 valence electrons. The predicted molar refractivity (Wildman–Crippen MR) is 119 cm³/mol. The number of carbonyl (C=O) groups is 1. The average Bonchev–Trinajstić information content (AvgIpc) is 3.38. The topological polar surface area (TPSA) is 47.9 Å². The summed E-state index contributed by atoms with van der Waals surface area (Å²) in [5.41, 5.74) is -2.00. The number of amides is 2. The van der Waals surface area contributed by atoms with Crippen LogP contribution in [0.3, 0.4) is 0 Å². The van der Waals surface area contributed by atoms with E-state index in [0.29, 0.717) is 43.9 Å². The predicted octanol–water partition coefficient (Wildman–Crippen LogP) is 5.82. The van der Waals surface area contributed by atoms with Crippen molar-refractivity contribution >= 4 is 11.9 Å². The van der Waals surface area contributed by atoms with Crippen molar-refractivity contribution in [3.8, 4) is 0 Å². The number of piperidine rings is 1. The molecule has 1 saturated heterocycles. The lowest BCUT2D eigenvalue weighted by Gasteiger charge is -2.32. The number of aliphatic imine (C=N–C) groups is 1. The summed E-state index contributed by atoms with van der Waals surface area (Å²) in [6.07, 6.45) is -2.05. The summed E-state index contributed by atoms with van der Waals surface area (Å²) in [6.45, 7) is 0.907. The number of rotatable bonds is 4. The van der Waals surface area contributed by atoms with E-state index in [-0.39, 0.29) is 30.1 Å². The summed E-state index contributed by atoms with van der Waals surface area (Å²) in [4.78, 5) is 19.6. The normalized spacial score (nSPS) is 22.4. The minimum Gasteiger partial charge on any atom is -0.365 e. The molecule has 0 radical (unpaired) electrons. The molecule has 35 heavy (non-hydrogen) atoms. The van der Waals surface area contributed by atoms with Crippen molar-refractivity contribution < 1.29 is 31.1 Å². The number of nitrogens with one attached hydrogen (secondary N) is 1. The highest BCUT2D eigenvalue weighted by Gasteiger charge is 2.38. The first-order valence-electron chi connectivity index (χ1n) is 11.8. The third kappa shape index (κ3) is 5.99. The number of alkyl halides is 6. The number of benzene rings is 1. The molecule has 2 amide bonds. The van der Waals surface area contributed by atoms with E-state index >= 15 is 0 Å². The highest BCUT2D eigenvalue weighted by molar-refractivity contribution is 6.11. The van der Waals surface area contributed by atoms with Crippen molar-refractivity contribution in [3.05, 3.63) is 46.7 Å². The maximum Gasteiger partial charge on any atom is 0.416 e. The maximum atomic E-state index is 13.5. The molecule has 5 nitrogen and oxygen atoms in total. The van der Waals surface area contributed by atoms with Gasteiger partial charge < -0.3 is 5.32 Å². The van der Waals surface area contributed by atoms with Gasteiger partial charge in [-0.05, 0) is 62.4 Å². The van der Waals surface area contributed by atoms with Crippen LogP contribution < -0.4 is 5.32 Å². The van der Waals surface area contributed by atoms with Gasteiger partial charge in [0, 0.05) is 19.6 Å². The largest absolute Gasteiger partial charge is 0.416 e. The van der Waals surface area contributed by atoms with Gasteiger partial charge in [0.05, 0.1) is 16.8 Å². The van der Waals surface area contributed by atoms with E-state index in [1.54, 1.807) is 7.05 Å². The van der Waals surface area contributed by atoms with Crippen molar-refractivity contribution in [2.45, 2.75) is 63.5 Å². The van der Waals surface area contributed by atoms with Gasteiger partial charge in [-0.2, -0.15) is 31.3 Å². The summed E-state index contributed by atoms with van der Waals surface area (Å²) < 4.78 is 79.2. The molecule has 0 spiro atoms. The fourth-order valence-corrected chi connectivity index (χ4v) is 4.95. The van der Waals surface area contributed by atoms with Crippen molar-refractivity contribution in [3.63, 3.8) is 0 Å². The van der Waals surface area contributed by atoms with Crippen molar-refractivity contribution in [1.82, 2.24) is 15.1 Å². The minimum atomic E-state index is -4.87. The Morgan fingerprint density at radius 1 is 1.03 bits per heavy atom. The molecule has 1 saturated carbocycles. The Morgan fingerprint density at radius 3 is 2.29 bits per heavy atom. The number of hydrogen-bond donors (Lipinski definition) is 1. The smallest absolute Gasteiger partial charge is 0.365 e. The zero-order valence-corrected chi connectivity index (χ0v) is 19.3. The molecule has 2 heterocycles. The highest BCUT2D eigenvalue weighted by Crippen LogP contribution is 2.38. The van der Waals surface area contributed by atoms with E-state index in [4.69, 9.17) is 0 Å². The Morgan fingerprint density at radius 2 is 1.69 bits per heavy atom. The number of nitrogens with zero attached hydrogens (tertiary/aromatic N) is 3. The third-order valence-corrected chi connectivity index (χ3v) is 6.96. The fraction of sp³-hybridized carbons (Fsp3) is 0.583. The molecular formula is C24H28F6N4O. The SMILES string of the molecule is CN1C(=O)N=C(NC2CCCC2)/C1=C/C1CCN(Cc2ccc(C(F)(F)F)cc2C(F)(F)F)CC1. The first-order chi connectivity index (χ1) is 16.4. The molecule has 0 aromatic heterocycles. The number of likely N-dealkylation sites (N-methyl/N-ethyl adjacent to an activating group) is 1. The van der Waals surface area contributed by atoms with Crippen molar-refractivity contribution in [2.24, 2.45) is 10.9 Å². The molecule has 11 heteroatoms. The van der Waals surface area contributed by atoms with E-state index in [9.17, 15) is 31.1 Å². The van der Waals surface area contributed by atoms with Crippen LogP contribution in [0.5, 0.6) is 0 Å². The van der Waals surface area contributed by atoms with Crippen LogP contribution in [0.2, 0.25) is 0 Å². The van der Waals surface area contributed by atoms with Gasteiger partial charge in [-0.15, -0.1) is 0 Å². The Kier molecular flexibility index (Phi) is 7.17. The molecule has 1 aliphatic carbocycles. The number of amidine groups is 1. The van der Waals surface area contributed by atoms with Crippen LogP contribution >= 0.6 is 0 Å². The second-order valence-electron chi connectivity index (χ2n) is 9.46. The Labute approximate surface area is 199 Å². The lowest BCUT2D eigenvalue weighted by atomic mass is 9.94. The molecule has 4 rings (SSSR count). The van der Waals surface area contributed by atoms with Gasteiger partial charge >= 0.3 is 18.4 Å². The van der Waals surface area contributed by atoms with Crippen LogP contribution in [0, 0.1) is 5.92 Å². The average molecular weight is 503 g/mol. The van der Waals surface area contributed by atoms with E-state index in [1.165, 1.54) is 4.90 Å². The van der Waals surface area contributed by atoms with Crippen LogP contribution in [0.4, 0.5) is 31.1 Å². The van der Waals surface area contributed by atoms with Crippen LogP contribution in [0.1, 0.15) is 55.2 Å². The van der Waals surface area contributed by atoms with Gasteiger partial charge in [-0.25, -0.2) is 4.79 Å². The monoisotopic (exact) mass is 502 g/mol. The standard InChI is InChI=1S/C24H28F6N4O/c1-33-20(21(32-22(33)35)31-18-4-2-3-5-18)12-15-8-10-34(11-9-15)14-16-6-7-17(23(25,26)27)13-19(16)24(28,29)30/h6-7,12-13,15,18H,2-5,8-11,14H2,1H3,(H,31,32,35)/b20-12-. The second-order valence-corrected chi connectivity index (χ2v) is 9.46. The third-order valence-electron chi connectivity index (χ3n) is 6.96. The first kappa shape index (κ1) is 25.5. The molecule has 2 aliphatic heterocycles. The molecule has 0 atom stereocenters. The Hall–Kier alpha value is -2.56. The molecule has 1 N–H and O–H groups in total. The van der Waals surface area contributed by atoms with Crippen molar-refractivity contribution in [1.29, 1.82) is 0 Å². The van der Waals surface area contributed by atoms with Gasteiger partial charge in [-0.1, -0.05) is 25.0 Å². The van der Waals surface area contributed by atoms with Gasteiger partial charge in [0.15, 0.2) is 5.84 Å². The van der Waals surface area contributed by atoms with Crippen LogP contribution in [0.25, 0.3) is 0 Å². The summed E-state index contributed by atoms with van der Waals surface area (Å²) in [7, 11) is 1.67. The number of hydrogen-bond acceptors (Lipinski definition) is 3. The van der Waals surface area contributed by atoms with Gasteiger partial charge in [-0.3, -0.25) is 9.80 Å². The Bertz CT molecular complexity index is 1000. The van der Waals surface area contributed by atoms with E-state index < -0.39 is 23.5 Å². The van der Waals surface area contributed by atoms with Gasteiger partial charge in [0.25, 0.3) is 0 Å². The van der Waals surface area contributed by atoms with E-state index in [0.717, 1.165) is 37.4 Å². The van der Waals surface area contributed by atoms with Crippen LogP contribution in [-0.2, 0) is 18.9 Å². The first-order valence-corrected chi connectivity index (χ1v) is 11.8. The molecule has 1 aromatic rings.